The van der Waals surface area contributed by atoms with Crippen molar-refractivity contribution in [1.82, 2.24) is 9.78 Å². The monoisotopic (exact) mass is 287 g/mol. The van der Waals surface area contributed by atoms with E-state index in [1.165, 1.54) is 17.1 Å². The Hall–Kier alpha value is -2.63. The SMILES string of the molecule is Cc1ccc(NC(=O)CCn2cc(C(=O)O)cn2)c(C)c1. The molecule has 0 spiro atoms. The summed E-state index contributed by atoms with van der Waals surface area (Å²) in [4.78, 5) is 22.6. The van der Waals surface area contributed by atoms with Gasteiger partial charge in [0, 0.05) is 24.8 Å². The molecule has 0 atom stereocenters. The lowest BCUT2D eigenvalue weighted by molar-refractivity contribution is -0.116. The van der Waals surface area contributed by atoms with Crippen LogP contribution in [0.3, 0.4) is 0 Å². The number of nitrogens with zero attached hydrogens (tertiary/aromatic N) is 2. The van der Waals surface area contributed by atoms with E-state index < -0.39 is 5.97 Å². The van der Waals surface area contributed by atoms with Gasteiger partial charge < -0.3 is 10.4 Å². The molecule has 1 aromatic carbocycles. The number of hydrogen-bond acceptors (Lipinski definition) is 3. The van der Waals surface area contributed by atoms with E-state index in [0.29, 0.717) is 6.54 Å². The number of aromatic nitrogens is 2. The summed E-state index contributed by atoms with van der Waals surface area (Å²) in [6.45, 7) is 4.27. The summed E-state index contributed by atoms with van der Waals surface area (Å²) in [5.41, 5.74) is 3.06. The summed E-state index contributed by atoms with van der Waals surface area (Å²) in [7, 11) is 0. The number of rotatable bonds is 5. The minimum Gasteiger partial charge on any atom is -0.478 e. The van der Waals surface area contributed by atoms with Crippen LogP contribution in [0, 0.1) is 13.8 Å². The van der Waals surface area contributed by atoms with Crippen LogP contribution in [-0.2, 0) is 11.3 Å². The summed E-state index contributed by atoms with van der Waals surface area (Å²) in [5, 5.41) is 15.5. The van der Waals surface area contributed by atoms with Crippen LogP contribution in [0.4, 0.5) is 5.69 Å². The minimum absolute atomic E-state index is 0.116. The van der Waals surface area contributed by atoms with Crippen molar-refractivity contribution in [1.29, 1.82) is 0 Å². The molecule has 6 heteroatoms. The zero-order valence-electron chi connectivity index (χ0n) is 12.0. The zero-order chi connectivity index (χ0) is 15.4. The number of carbonyl (C=O) groups is 2. The maximum Gasteiger partial charge on any atom is 0.338 e. The first kappa shape index (κ1) is 14.8. The number of nitrogens with one attached hydrogen (secondary N) is 1. The predicted octanol–water partition coefficient (Wildman–Crippen LogP) is 2.23. The molecule has 21 heavy (non-hydrogen) atoms. The van der Waals surface area contributed by atoms with E-state index in [1.54, 1.807) is 0 Å². The van der Waals surface area contributed by atoms with Crippen molar-refractivity contribution in [2.75, 3.05) is 5.32 Å². The third-order valence-corrected chi connectivity index (χ3v) is 3.10. The van der Waals surface area contributed by atoms with Gasteiger partial charge in [-0.05, 0) is 25.5 Å². The molecule has 0 aliphatic rings. The Kier molecular flexibility index (Phi) is 4.37. The van der Waals surface area contributed by atoms with Gasteiger partial charge in [0.05, 0.1) is 11.8 Å². The van der Waals surface area contributed by atoms with Gasteiger partial charge in [0.2, 0.25) is 5.91 Å². The molecular weight excluding hydrogens is 270 g/mol. The van der Waals surface area contributed by atoms with Gasteiger partial charge in [-0.3, -0.25) is 9.48 Å². The maximum atomic E-state index is 11.9. The van der Waals surface area contributed by atoms with Crippen molar-refractivity contribution in [2.24, 2.45) is 0 Å². The second kappa shape index (κ2) is 6.21. The van der Waals surface area contributed by atoms with Gasteiger partial charge in [-0.25, -0.2) is 4.79 Å². The van der Waals surface area contributed by atoms with Gasteiger partial charge in [-0.1, -0.05) is 17.7 Å². The van der Waals surface area contributed by atoms with E-state index in [4.69, 9.17) is 5.11 Å². The average Bonchev–Trinajstić information content (AvgIpc) is 2.89. The smallest absolute Gasteiger partial charge is 0.338 e. The molecule has 6 nitrogen and oxygen atoms in total. The van der Waals surface area contributed by atoms with E-state index in [2.05, 4.69) is 10.4 Å². The number of carboxylic acids is 1. The van der Waals surface area contributed by atoms with E-state index in [-0.39, 0.29) is 17.9 Å². The highest BCUT2D eigenvalue weighted by atomic mass is 16.4. The number of carboxylic acid groups (broad SMARTS) is 1. The number of aromatic carboxylic acids is 1. The zero-order valence-corrected chi connectivity index (χ0v) is 12.0. The van der Waals surface area contributed by atoms with E-state index in [9.17, 15) is 9.59 Å². The highest BCUT2D eigenvalue weighted by Crippen LogP contribution is 2.16. The first-order valence-corrected chi connectivity index (χ1v) is 6.58. The molecule has 0 unspecified atom stereocenters. The van der Waals surface area contributed by atoms with Gasteiger partial charge >= 0.3 is 5.97 Å². The van der Waals surface area contributed by atoms with Crippen LogP contribution >= 0.6 is 0 Å². The van der Waals surface area contributed by atoms with Crippen LogP contribution in [0.1, 0.15) is 27.9 Å². The number of hydrogen-bond donors (Lipinski definition) is 2. The summed E-state index contributed by atoms with van der Waals surface area (Å²) in [6, 6.07) is 5.82. The van der Waals surface area contributed by atoms with Gasteiger partial charge in [0.15, 0.2) is 0 Å². The van der Waals surface area contributed by atoms with Crippen LogP contribution in [0.25, 0.3) is 0 Å². The predicted molar refractivity (Wildman–Crippen MR) is 78.3 cm³/mol. The molecule has 0 saturated carbocycles. The highest BCUT2D eigenvalue weighted by molar-refractivity contribution is 5.91. The van der Waals surface area contributed by atoms with Gasteiger partial charge in [0.1, 0.15) is 0 Å². The first-order chi connectivity index (χ1) is 9.95. The third kappa shape index (κ3) is 3.92. The Balaban J connectivity index is 1.91. The van der Waals surface area contributed by atoms with Crippen molar-refractivity contribution in [3.8, 4) is 0 Å². The highest BCUT2D eigenvalue weighted by Gasteiger charge is 2.08. The molecule has 0 aliphatic carbocycles. The lowest BCUT2D eigenvalue weighted by atomic mass is 10.1. The first-order valence-electron chi connectivity index (χ1n) is 6.58. The molecule has 0 fully saturated rings. The Labute approximate surface area is 122 Å². The number of anilines is 1. The van der Waals surface area contributed by atoms with E-state index in [0.717, 1.165) is 16.8 Å². The molecule has 1 heterocycles. The van der Waals surface area contributed by atoms with Gasteiger partial charge in [0.25, 0.3) is 0 Å². The van der Waals surface area contributed by atoms with Crippen LogP contribution < -0.4 is 5.32 Å². The molecule has 2 aromatic rings. The third-order valence-electron chi connectivity index (χ3n) is 3.10. The maximum absolute atomic E-state index is 11.9. The Morgan fingerprint density at radius 2 is 2.10 bits per heavy atom. The largest absolute Gasteiger partial charge is 0.478 e. The topological polar surface area (TPSA) is 84.2 Å². The van der Waals surface area contributed by atoms with E-state index >= 15 is 0 Å². The molecule has 110 valence electrons. The summed E-state index contributed by atoms with van der Waals surface area (Å²) in [6.07, 6.45) is 2.91. The van der Waals surface area contributed by atoms with Crippen LogP contribution in [0.5, 0.6) is 0 Å². The molecule has 0 bridgehead atoms. The van der Waals surface area contributed by atoms with Crippen molar-refractivity contribution >= 4 is 17.6 Å². The Morgan fingerprint density at radius 1 is 1.33 bits per heavy atom. The Bertz CT molecular complexity index is 677. The quantitative estimate of drug-likeness (QED) is 0.883. The van der Waals surface area contributed by atoms with Crippen molar-refractivity contribution < 1.29 is 14.7 Å². The fourth-order valence-corrected chi connectivity index (χ4v) is 1.98. The van der Waals surface area contributed by atoms with Crippen LogP contribution in [0.15, 0.2) is 30.6 Å². The molecule has 2 rings (SSSR count). The molecule has 0 radical (unpaired) electrons. The molecule has 0 aliphatic heterocycles. The van der Waals surface area contributed by atoms with Crippen LogP contribution in [0.2, 0.25) is 0 Å². The fraction of sp³-hybridized carbons (Fsp3) is 0.267. The number of benzene rings is 1. The lowest BCUT2D eigenvalue weighted by Crippen LogP contribution is -2.15. The van der Waals surface area contributed by atoms with Crippen molar-refractivity contribution in [3.63, 3.8) is 0 Å². The minimum atomic E-state index is -1.03. The van der Waals surface area contributed by atoms with Crippen molar-refractivity contribution in [3.05, 3.63) is 47.3 Å². The average molecular weight is 287 g/mol. The molecule has 2 N–H and O–H groups in total. The second-order valence-electron chi connectivity index (χ2n) is 4.91. The second-order valence-corrected chi connectivity index (χ2v) is 4.91. The summed E-state index contributed by atoms with van der Waals surface area (Å²) >= 11 is 0. The Morgan fingerprint density at radius 3 is 2.71 bits per heavy atom. The van der Waals surface area contributed by atoms with Gasteiger partial charge in [-0.2, -0.15) is 5.10 Å². The summed E-state index contributed by atoms with van der Waals surface area (Å²) in [5.74, 6) is -1.16. The lowest BCUT2D eigenvalue weighted by Gasteiger charge is -2.09. The molecule has 1 amide bonds. The number of aryl methyl sites for hydroxylation is 3. The van der Waals surface area contributed by atoms with Gasteiger partial charge in [-0.15, -0.1) is 0 Å². The summed E-state index contributed by atoms with van der Waals surface area (Å²) < 4.78 is 1.45. The number of carbonyl (C=O) groups excluding carboxylic acids is 1. The molecular formula is C15H17N3O3. The normalized spacial score (nSPS) is 10.4. The molecule has 0 saturated heterocycles. The van der Waals surface area contributed by atoms with E-state index in [1.807, 2.05) is 32.0 Å². The van der Waals surface area contributed by atoms with Crippen molar-refractivity contribution in [2.45, 2.75) is 26.8 Å². The standard InChI is InChI=1S/C15H17N3O3/c1-10-3-4-13(11(2)7-10)17-14(19)5-6-18-9-12(8-16-18)15(20)21/h3-4,7-9H,5-6H2,1-2H3,(H,17,19)(H,20,21). The molecule has 1 aromatic heterocycles. The number of amides is 1. The fourth-order valence-electron chi connectivity index (χ4n) is 1.98. The van der Waals surface area contributed by atoms with Crippen LogP contribution in [-0.4, -0.2) is 26.8 Å².